The number of nitrogens with zero attached hydrogens (tertiary/aromatic N) is 2. The van der Waals surface area contributed by atoms with E-state index in [-0.39, 0.29) is 23.5 Å². The van der Waals surface area contributed by atoms with E-state index in [2.05, 4.69) is 10.6 Å². The summed E-state index contributed by atoms with van der Waals surface area (Å²) < 4.78 is 36.0. The lowest BCUT2D eigenvalue weighted by atomic mass is 10.1. The van der Waals surface area contributed by atoms with Gasteiger partial charge in [-0.25, -0.2) is 17.5 Å². The first-order valence-electron chi connectivity index (χ1n) is 10.0. The van der Waals surface area contributed by atoms with Crippen LogP contribution in [-0.2, 0) is 14.8 Å². The van der Waals surface area contributed by atoms with Crippen LogP contribution < -0.4 is 25.0 Å². The smallest absolute Gasteiger partial charge is 0.319 e. The molecule has 32 heavy (non-hydrogen) atoms. The number of fused-ring (bicyclic) bond motifs is 1. The quantitative estimate of drug-likeness (QED) is 0.679. The molecule has 2 aliphatic heterocycles. The number of rotatable bonds is 6. The molecule has 0 aromatic heterocycles. The van der Waals surface area contributed by atoms with E-state index in [1.54, 1.807) is 17.0 Å². The average molecular weight is 461 g/mol. The number of sulfonamides is 1. The van der Waals surface area contributed by atoms with Crippen molar-refractivity contribution in [2.45, 2.75) is 11.3 Å². The van der Waals surface area contributed by atoms with E-state index in [4.69, 9.17) is 9.47 Å². The maximum absolute atomic E-state index is 12.5. The molecular weight excluding hydrogens is 436 g/mol. The van der Waals surface area contributed by atoms with Crippen molar-refractivity contribution in [1.82, 2.24) is 9.62 Å². The first-order valence-corrected chi connectivity index (χ1v) is 11.5. The Morgan fingerprint density at radius 2 is 1.84 bits per heavy atom. The number of benzene rings is 2. The molecule has 4 rings (SSSR count). The van der Waals surface area contributed by atoms with Gasteiger partial charge < -0.3 is 25.0 Å². The number of ether oxygens (including phenoxy) is 2. The van der Waals surface area contributed by atoms with Crippen LogP contribution in [0.4, 0.5) is 16.2 Å². The molecule has 0 spiro atoms. The third-order valence-electron chi connectivity index (χ3n) is 5.32. The summed E-state index contributed by atoms with van der Waals surface area (Å²) >= 11 is 0. The lowest BCUT2D eigenvalue weighted by Crippen LogP contribution is -2.34. The molecule has 1 saturated heterocycles. The van der Waals surface area contributed by atoms with Crippen molar-refractivity contribution in [2.75, 3.05) is 44.2 Å². The maximum atomic E-state index is 12.5. The molecule has 2 N–H and O–H groups in total. The van der Waals surface area contributed by atoms with Gasteiger partial charge in [0.1, 0.15) is 0 Å². The first kappa shape index (κ1) is 21.9. The van der Waals surface area contributed by atoms with Crippen molar-refractivity contribution in [3.8, 4) is 11.5 Å². The SMILES string of the molecule is CN(C)S(=O)(=O)c1ccc(NC(=O)NCC2CC(=O)N(c3ccc4c(c3)OCO4)C2)cc1. The molecule has 0 saturated carbocycles. The number of urea groups is 1. The second-order valence-corrected chi connectivity index (χ2v) is 9.91. The average Bonchev–Trinajstić information content (AvgIpc) is 3.38. The molecule has 0 bridgehead atoms. The van der Waals surface area contributed by atoms with Gasteiger partial charge in [-0.15, -0.1) is 0 Å². The normalized spacial score (nSPS) is 17.7. The number of carbonyl (C=O) groups excluding carboxylic acids is 2. The van der Waals surface area contributed by atoms with Gasteiger partial charge in [-0.1, -0.05) is 0 Å². The third-order valence-corrected chi connectivity index (χ3v) is 7.14. The number of amides is 3. The van der Waals surface area contributed by atoms with Gasteiger partial charge in [-0.2, -0.15) is 0 Å². The van der Waals surface area contributed by atoms with E-state index >= 15 is 0 Å². The number of hydrogen-bond acceptors (Lipinski definition) is 6. The van der Waals surface area contributed by atoms with Gasteiger partial charge in [0.15, 0.2) is 11.5 Å². The largest absolute Gasteiger partial charge is 0.454 e. The third kappa shape index (κ3) is 4.48. The Labute approximate surface area is 186 Å². The van der Waals surface area contributed by atoms with E-state index < -0.39 is 16.1 Å². The second kappa shape index (κ2) is 8.67. The molecule has 2 aliphatic rings. The molecule has 170 valence electrons. The summed E-state index contributed by atoms with van der Waals surface area (Å²) in [5.74, 6) is 1.21. The molecule has 2 heterocycles. The Bertz CT molecular complexity index is 1130. The summed E-state index contributed by atoms with van der Waals surface area (Å²) in [5, 5.41) is 5.44. The predicted octanol–water partition coefficient (Wildman–Crippen LogP) is 1.84. The summed E-state index contributed by atoms with van der Waals surface area (Å²) in [6, 6.07) is 10.9. The molecule has 0 radical (unpaired) electrons. The molecule has 3 amide bonds. The molecule has 10 nitrogen and oxygen atoms in total. The molecule has 1 unspecified atom stereocenters. The van der Waals surface area contributed by atoms with Crippen LogP contribution in [0.25, 0.3) is 0 Å². The topological polar surface area (TPSA) is 117 Å². The van der Waals surface area contributed by atoms with Crippen molar-refractivity contribution < 1.29 is 27.5 Å². The molecule has 0 aliphatic carbocycles. The summed E-state index contributed by atoms with van der Waals surface area (Å²) in [6.45, 7) is 0.976. The van der Waals surface area contributed by atoms with Crippen LogP contribution in [0.1, 0.15) is 6.42 Å². The Morgan fingerprint density at radius 3 is 2.56 bits per heavy atom. The predicted molar refractivity (Wildman–Crippen MR) is 117 cm³/mol. The molecular formula is C21H24N4O6S. The van der Waals surface area contributed by atoms with Gasteiger partial charge in [0, 0.05) is 57.0 Å². The first-order chi connectivity index (χ1) is 15.2. The monoisotopic (exact) mass is 460 g/mol. The van der Waals surface area contributed by atoms with E-state index in [1.807, 2.05) is 6.07 Å². The zero-order valence-electron chi connectivity index (χ0n) is 17.7. The zero-order chi connectivity index (χ0) is 22.9. The minimum atomic E-state index is -3.53. The highest BCUT2D eigenvalue weighted by atomic mass is 32.2. The van der Waals surface area contributed by atoms with Crippen molar-refractivity contribution >= 4 is 33.3 Å². The van der Waals surface area contributed by atoms with Crippen LogP contribution in [-0.4, -0.2) is 58.6 Å². The number of carbonyl (C=O) groups is 2. The lowest BCUT2D eigenvalue weighted by Gasteiger charge is -2.17. The molecule has 2 aromatic rings. The van der Waals surface area contributed by atoms with Crippen LogP contribution in [0.5, 0.6) is 11.5 Å². The van der Waals surface area contributed by atoms with Crippen LogP contribution in [0.2, 0.25) is 0 Å². The summed E-state index contributed by atoms with van der Waals surface area (Å²) in [4.78, 5) is 26.5. The summed E-state index contributed by atoms with van der Waals surface area (Å²) in [6.07, 6.45) is 0.325. The van der Waals surface area contributed by atoms with Gasteiger partial charge in [0.2, 0.25) is 22.7 Å². The fourth-order valence-corrected chi connectivity index (χ4v) is 4.46. The van der Waals surface area contributed by atoms with Crippen molar-refractivity contribution in [2.24, 2.45) is 5.92 Å². The van der Waals surface area contributed by atoms with E-state index in [0.717, 1.165) is 9.99 Å². The highest BCUT2D eigenvalue weighted by Crippen LogP contribution is 2.37. The van der Waals surface area contributed by atoms with Gasteiger partial charge >= 0.3 is 6.03 Å². The van der Waals surface area contributed by atoms with Gasteiger partial charge in [0.25, 0.3) is 0 Å². The number of hydrogen-bond donors (Lipinski definition) is 2. The van der Waals surface area contributed by atoms with E-state index in [9.17, 15) is 18.0 Å². The Hall–Kier alpha value is -3.31. The number of nitrogens with one attached hydrogen (secondary N) is 2. The highest BCUT2D eigenvalue weighted by Gasteiger charge is 2.31. The minimum Gasteiger partial charge on any atom is -0.454 e. The van der Waals surface area contributed by atoms with Gasteiger partial charge in [0.05, 0.1) is 4.90 Å². The van der Waals surface area contributed by atoms with Crippen LogP contribution in [0.3, 0.4) is 0 Å². The zero-order valence-corrected chi connectivity index (χ0v) is 18.5. The van der Waals surface area contributed by atoms with Crippen LogP contribution in [0.15, 0.2) is 47.4 Å². The van der Waals surface area contributed by atoms with E-state index in [0.29, 0.717) is 36.7 Å². The van der Waals surface area contributed by atoms with Gasteiger partial charge in [-0.3, -0.25) is 4.79 Å². The lowest BCUT2D eigenvalue weighted by molar-refractivity contribution is -0.117. The Kier molecular flexibility index (Phi) is 5.94. The molecule has 1 atom stereocenters. The van der Waals surface area contributed by atoms with Crippen LogP contribution in [0, 0.1) is 5.92 Å². The summed E-state index contributed by atoms with van der Waals surface area (Å²) in [5.41, 5.74) is 1.20. The fourth-order valence-electron chi connectivity index (χ4n) is 3.55. The van der Waals surface area contributed by atoms with Crippen molar-refractivity contribution in [1.29, 1.82) is 0 Å². The van der Waals surface area contributed by atoms with Crippen molar-refractivity contribution in [3.63, 3.8) is 0 Å². The minimum absolute atomic E-state index is 0.0197. The Morgan fingerprint density at radius 1 is 1.12 bits per heavy atom. The van der Waals surface area contributed by atoms with Crippen molar-refractivity contribution in [3.05, 3.63) is 42.5 Å². The highest BCUT2D eigenvalue weighted by molar-refractivity contribution is 7.89. The van der Waals surface area contributed by atoms with Gasteiger partial charge in [-0.05, 0) is 36.4 Å². The second-order valence-electron chi connectivity index (χ2n) is 7.76. The standard InChI is InChI=1S/C21H24N4O6S/c1-24(2)32(28,29)17-6-3-15(4-7-17)23-21(27)22-11-14-9-20(26)25(12-14)16-5-8-18-19(10-16)31-13-30-18/h3-8,10,14H,9,11-13H2,1-2H3,(H2,22,23,27). The molecule has 11 heteroatoms. The fraction of sp³-hybridized carbons (Fsp3) is 0.333. The summed E-state index contributed by atoms with van der Waals surface area (Å²) in [7, 11) is -0.617. The van der Waals surface area contributed by atoms with Crippen LogP contribution >= 0.6 is 0 Å². The van der Waals surface area contributed by atoms with E-state index in [1.165, 1.54) is 38.4 Å². The molecule has 2 aromatic carbocycles. The Balaban J connectivity index is 1.29. The maximum Gasteiger partial charge on any atom is 0.319 e. The molecule has 1 fully saturated rings. The number of anilines is 2.